The number of amides is 1. The van der Waals surface area contributed by atoms with Gasteiger partial charge < -0.3 is 10.2 Å². The van der Waals surface area contributed by atoms with Crippen LogP contribution in [-0.2, 0) is 11.3 Å². The summed E-state index contributed by atoms with van der Waals surface area (Å²) in [5.74, 6) is 0.148. The largest absolute Gasteiger partial charge is 0.338 e. The summed E-state index contributed by atoms with van der Waals surface area (Å²) in [6, 6.07) is 5.69. The van der Waals surface area contributed by atoms with Gasteiger partial charge in [0.2, 0.25) is 5.91 Å². The number of hydrogen-bond donors (Lipinski definition) is 1. The molecule has 98 valence electrons. The molecule has 18 heavy (non-hydrogen) atoms. The van der Waals surface area contributed by atoms with E-state index in [0.29, 0.717) is 6.54 Å². The second-order valence-electron chi connectivity index (χ2n) is 4.72. The lowest BCUT2D eigenvalue weighted by Crippen LogP contribution is -2.56. The topological polar surface area (TPSA) is 48.5 Å². The number of nitrogens with zero attached hydrogens (tertiary/aromatic N) is 3. The average molecular weight is 248 g/mol. The van der Waals surface area contributed by atoms with Crippen molar-refractivity contribution in [3.63, 3.8) is 0 Å². The van der Waals surface area contributed by atoms with Gasteiger partial charge in [-0.15, -0.1) is 0 Å². The number of rotatable bonds is 3. The highest BCUT2D eigenvalue weighted by atomic mass is 16.2. The van der Waals surface area contributed by atoms with Crippen molar-refractivity contribution in [3.8, 4) is 0 Å². The van der Waals surface area contributed by atoms with Gasteiger partial charge in [0.1, 0.15) is 6.04 Å². The molecule has 5 heteroatoms. The van der Waals surface area contributed by atoms with Crippen LogP contribution >= 0.6 is 0 Å². The molecule has 1 amide bonds. The molecule has 0 saturated carbocycles. The van der Waals surface area contributed by atoms with Crippen molar-refractivity contribution in [2.24, 2.45) is 0 Å². The van der Waals surface area contributed by atoms with E-state index in [1.807, 2.05) is 32.3 Å². The molecule has 0 spiro atoms. The molecular weight excluding hydrogens is 228 g/mol. The highest BCUT2D eigenvalue weighted by molar-refractivity contribution is 5.82. The highest BCUT2D eigenvalue weighted by Crippen LogP contribution is 2.06. The number of hydrogen-bond acceptors (Lipinski definition) is 4. The van der Waals surface area contributed by atoms with Gasteiger partial charge in [0.25, 0.3) is 0 Å². The minimum atomic E-state index is -0.0625. The molecule has 1 fully saturated rings. The Labute approximate surface area is 108 Å². The highest BCUT2D eigenvalue weighted by Gasteiger charge is 2.28. The van der Waals surface area contributed by atoms with Crippen LogP contribution in [0.1, 0.15) is 5.69 Å². The van der Waals surface area contributed by atoms with Crippen LogP contribution in [0.25, 0.3) is 0 Å². The molecule has 1 aliphatic heterocycles. The van der Waals surface area contributed by atoms with E-state index in [4.69, 9.17) is 0 Å². The number of piperazine rings is 1. The van der Waals surface area contributed by atoms with Gasteiger partial charge in [0, 0.05) is 32.9 Å². The molecule has 1 aliphatic rings. The van der Waals surface area contributed by atoms with Gasteiger partial charge in [-0.3, -0.25) is 14.7 Å². The maximum Gasteiger partial charge on any atom is 0.241 e. The SMILES string of the molecule is CN(Cc1ccccn1)C(=O)C1CNCCN1C. The summed E-state index contributed by atoms with van der Waals surface area (Å²) in [6.07, 6.45) is 1.75. The Bertz CT molecular complexity index is 395. The Morgan fingerprint density at radius 3 is 3.11 bits per heavy atom. The molecule has 1 saturated heterocycles. The lowest BCUT2D eigenvalue weighted by Gasteiger charge is -2.34. The summed E-state index contributed by atoms with van der Waals surface area (Å²) in [5.41, 5.74) is 0.916. The predicted octanol–water partition coefficient (Wildman–Crippen LogP) is -0.0564. The number of carbonyl (C=O) groups excluding carboxylic acids is 1. The Balaban J connectivity index is 1.96. The monoisotopic (exact) mass is 248 g/mol. The third-order valence-corrected chi connectivity index (χ3v) is 3.30. The predicted molar refractivity (Wildman–Crippen MR) is 70.0 cm³/mol. The first kappa shape index (κ1) is 13.0. The summed E-state index contributed by atoms with van der Waals surface area (Å²) >= 11 is 0. The summed E-state index contributed by atoms with van der Waals surface area (Å²) in [5, 5.41) is 3.26. The van der Waals surface area contributed by atoms with Gasteiger partial charge >= 0.3 is 0 Å². The van der Waals surface area contributed by atoms with Gasteiger partial charge in [0.15, 0.2) is 0 Å². The molecule has 0 aliphatic carbocycles. The van der Waals surface area contributed by atoms with Gasteiger partial charge in [-0.05, 0) is 19.2 Å². The van der Waals surface area contributed by atoms with E-state index in [1.165, 1.54) is 0 Å². The number of aromatic nitrogens is 1. The van der Waals surface area contributed by atoms with Gasteiger partial charge in [0.05, 0.1) is 12.2 Å². The van der Waals surface area contributed by atoms with Crippen molar-refractivity contribution in [1.29, 1.82) is 0 Å². The molecule has 0 radical (unpaired) electrons. The van der Waals surface area contributed by atoms with E-state index < -0.39 is 0 Å². The third-order valence-electron chi connectivity index (χ3n) is 3.30. The first-order valence-corrected chi connectivity index (χ1v) is 6.24. The molecule has 0 aromatic carbocycles. The van der Waals surface area contributed by atoms with Crippen molar-refractivity contribution in [2.45, 2.75) is 12.6 Å². The Hall–Kier alpha value is -1.46. The third kappa shape index (κ3) is 3.05. The van der Waals surface area contributed by atoms with Crippen LogP contribution in [-0.4, -0.2) is 60.5 Å². The van der Waals surface area contributed by atoms with Crippen molar-refractivity contribution in [3.05, 3.63) is 30.1 Å². The average Bonchev–Trinajstić information content (AvgIpc) is 2.39. The van der Waals surface area contributed by atoms with Crippen molar-refractivity contribution in [1.82, 2.24) is 20.1 Å². The van der Waals surface area contributed by atoms with Crippen molar-refractivity contribution in [2.75, 3.05) is 33.7 Å². The van der Waals surface area contributed by atoms with Crippen molar-refractivity contribution >= 4 is 5.91 Å². The van der Waals surface area contributed by atoms with Crippen molar-refractivity contribution < 1.29 is 4.79 Å². The zero-order chi connectivity index (χ0) is 13.0. The maximum absolute atomic E-state index is 12.3. The fraction of sp³-hybridized carbons (Fsp3) is 0.538. The van der Waals surface area contributed by atoms with Gasteiger partial charge in [-0.2, -0.15) is 0 Å². The molecule has 0 bridgehead atoms. The molecule has 2 heterocycles. The second kappa shape index (κ2) is 5.93. The van der Waals surface area contributed by atoms with Crippen LogP contribution in [0.3, 0.4) is 0 Å². The number of carbonyl (C=O) groups is 1. The lowest BCUT2D eigenvalue weighted by atomic mass is 10.1. The minimum absolute atomic E-state index is 0.0625. The van der Waals surface area contributed by atoms with Crippen LogP contribution < -0.4 is 5.32 Å². The minimum Gasteiger partial charge on any atom is -0.338 e. The first-order chi connectivity index (χ1) is 8.68. The Morgan fingerprint density at radius 1 is 1.61 bits per heavy atom. The zero-order valence-corrected chi connectivity index (χ0v) is 11.0. The maximum atomic E-state index is 12.3. The molecule has 1 unspecified atom stereocenters. The molecule has 1 aromatic heterocycles. The fourth-order valence-corrected chi connectivity index (χ4v) is 2.15. The van der Waals surface area contributed by atoms with E-state index in [-0.39, 0.29) is 11.9 Å². The van der Waals surface area contributed by atoms with Crippen LogP contribution in [0.15, 0.2) is 24.4 Å². The van der Waals surface area contributed by atoms with Crippen LogP contribution in [0.4, 0.5) is 0 Å². The summed E-state index contributed by atoms with van der Waals surface area (Å²) in [6.45, 7) is 3.14. The molecule has 5 nitrogen and oxygen atoms in total. The summed E-state index contributed by atoms with van der Waals surface area (Å²) in [7, 11) is 3.83. The van der Waals surface area contributed by atoms with E-state index in [2.05, 4.69) is 15.2 Å². The van der Waals surface area contributed by atoms with E-state index in [9.17, 15) is 4.79 Å². The molecule has 2 rings (SSSR count). The molecule has 1 aromatic rings. The lowest BCUT2D eigenvalue weighted by molar-refractivity contribution is -0.136. The summed E-state index contributed by atoms with van der Waals surface area (Å²) < 4.78 is 0. The smallest absolute Gasteiger partial charge is 0.241 e. The van der Waals surface area contributed by atoms with Gasteiger partial charge in [-0.1, -0.05) is 6.07 Å². The van der Waals surface area contributed by atoms with E-state index in [0.717, 1.165) is 25.3 Å². The van der Waals surface area contributed by atoms with Crippen LogP contribution in [0, 0.1) is 0 Å². The molecule has 1 atom stereocenters. The second-order valence-corrected chi connectivity index (χ2v) is 4.72. The Kier molecular flexibility index (Phi) is 4.28. The molecular formula is C13H20N4O. The van der Waals surface area contributed by atoms with Gasteiger partial charge in [-0.25, -0.2) is 0 Å². The molecule has 1 N–H and O–H groups in total. The number of pyridine rings is 1. The quantitative estimate of drug-likeness (QED) is 0.814. The Morgan fingerprint density at radius 2 is 2.44 bits per heavy atom. The standard InChI is InChI=1S/C13H20N4O/c1-16-8-7-14-9-12(16)13(18)17(2)10-11-5-3-4-6-15-11/h3-6,12,14H,7-10H2,1-2H3. The van der Waals surface area contributed by atoms with E-state index in [1.54, 1.807) is 11.1 Å². The normalized spacial score (nSPS) is 20.7. The number of likely N-dealkylation sites (N-methyl/N-ethyl adjacent to an activating group) is 2. The van der Waals surface area contributed by atoms with Crippen LogP contribution in [0.5, 0.6) is 0 Å². The number of nitrogens with one attached hydrogen (secondary N) is 1. The summed E-state index contributed by atoms with van der Waals surface area (Å²) in [4.78, 5) is 20.4. The van der Waals surface area contributed by atoms with Crippen LogP contribution in [0.2, 0.25) is 0 Å². The fourth-order valence-electron chi connectivity index (χ4n) is 2.15. The first-order valence-electron chi connectivity index (χ1n) is 6.24. The van der Waals surface area contributed by atoms with E-state index >= 15 is 0 Å². The zero-order valence-electron chi connectivity index (χ0n) is 11.0.